The molecule has 2 aliphatic rings. The van der Waals surface area contributed by atoms with E-state index in [4.69, 9.17) is 5.73 Å². The summed E-state index contributed by atoms with van der Waals surface area (Å²) in [5.74, 6) is 2.30. The molecule has 0 spiro atoms. The van der Waals surface area contributed by atoms with Gasteiger partial charge in [-0.2, -0.15) is 10.1 Å². The maximum absolute atomic E-state index is 11.3. The average Bonchev–Trinajstić information content (AvgIpc) is 3.09. The molecule has 1 aliphatic heterocycles. The number of carbonyl (C=O) groups is 1. The second-order valence-electron chi connectivity index (χ2n) is 6.18. The van der Waals surface area contributed by atoms with E-state index in [2.05, 4.69) is 25.5 Å². The number of anilines is 3. The summed E-state index contributed by atoms with van der Waals surface area (Å²) >= 11 is 0. The lowest BCUT2D eigenvalue weighted by molar-refractivity contribution is -0.121. The monoisotopic (exact) mass is 313 g/mol. The number of nitrogens with one attached hydrogen (secondary N) is 2. The summed E-state index contributed by atoms with van der Waals surface area (Å²) in [7, 11) is 0. The number of nitrogens with zero attached hydrogens (tertiary/aromatic N) is 4. The topological polar surface area (TPSA) is 113 Å². The molecule has 1 saturated heterocycles. The van der Waals surface area contributed by atoms with E-state index in [-0.39, 0.29) is 11.8 Å². The highest BCUT2D eigenvalue weighted by Crippen LogP contribution is 2.39. The van der Waals surface area contributed by atoms with Gasteiger partial charge in [-0.05, 0) is 25.3 Å². The molecule has 1 atom stereocenters. The summed E-state index contributed by atoms with van der Waals surface area (Å²) in [6.07, 6.45) is 4.92. The number of carbonyl (C=O) groups excluding carboxylic acids is 1. The molecule has 0 aromatic carbocycles. The zero-order valence-corrected chi connectivity index (χ0v) is 12.7. The van der Waals surface area contributed by atoms with Crippen molar-refractivity contribution in [1.82, 2.24) is 20.2 Å². The molecule has 8 nitrogen and oxygen atoms in total. The standard InChI is InChI=1S/C15H19N7O/c16-14(23)10-4-6-22(8-10)15-17-5-3-12(19-15)18-13-7-11(20-21-13)9-1-2-9/h3,5,7,9-10H,1-2,4,6,8H2,(H2,16,23)(H2,17,18,19,20,21). The number of hydrogen-bond acceptors (Lipinski definition) is 6. The van der Waals surface area contributed by atoms with Crippen LogP contribution in [0.2, 0.25) is 0 Å². The molecule has 1 saturated carbocycles. The van der Waals surface area contributed by atoms with Gasteiger partial charge in [0.15, 0.2) is 5.82 Å². The third kappa shape index (κ3) is 2.96. The van der Waals surface area contributed by atoms with Crippen LogP contribution in [0.3, 0.4) is 0 Å². The third-order valence-electron chi connectivity index (χ3n) is 4.39. The SMILES string of the molecule is NC(=O)C1CCN(c2nccc(Nc3cc(C4CC4)[nH]n3)n2)C1. The van der Waals surface area contributed by atoms with E-state index in [1.807, 2.05) is 11.0 Å². The molecule has 8 heteroatoms. The highest BCUT2D eigenvalue weighted by Gasteiger charge is 2.28. The van der Waals surface area contributed by atoms with Crippen LogP contribution >= 0.6 is 0 Å². The number of hydrogen-bond donors (Lipinski definition) is 3. The summed E-state index contributed by atoms with van der Waals surface area (Å²) in [5.41, 5.74) is 6.54. The van der Waals surface area contributed by atoms with E-state index in [0.29, 0.717) is 24.2 Å². The van der Waals surface area contributed by atoms with Crippen molar-refractivity contribution < 1.29 is 4.79 Å². The van der Waals surface area contributed by atoms with Crippen molar-refractivity contribution >= 4 is 23.5 Å². The highest BCUT2D eigenvalue weighted by atomic mass is 16.1. The second kappa shape index (κ2) is 5.53. The van der Waals surface area contributed by atoms with E-state index in [1.54, 1.807) is 12.3 Å². The smallest absolute Gasteiger partial charge is 0.227 e. The van der Waals surface area contributed by atoms with E-state index < -0.39 is 0 Å². The summed E-state index contributed by atoms with van der Waals surface area (Å²) in [5, 5.41) is 10.5. The van der Waals surface area contributed by atoms with Gasteiger partial charge in [-0.3, -0.25) is 9.89 Å². The van der Waals surface area contributed by atoms with Crippen LogP contribution in [0.25, 0.3) is 0 Å². The minimum atomic E-state index is -0.258. The number of primary amides is 1. The Bertz CT molecular complexity index is 724. The first-order chi connectivity index (χ1) is 11.2. The Morgan fingerprint density at radius 1 is 1.35 bits per heavy atom. The molecular weight excluding hydrogens is 294 g/mol. The lowest BCUT2D eigenvalue weighted by Gasteiger charge is -2.16. The molecule has 2 fully saturated rings. The summed E-state index contributed by atoms with van der Waals surface area (Å²) in [6, 6.07) is 3.83. The molecule has 1 unspecified atom stereocenters. The van der Waals surface area contributed by atoms with Gasteiger partial charge < -0.3 is 16.0 Å². The predicted octanol–water partition coefficient (Wildman–Crippen LogP) is 1.13. The van der Waals surface area contributed by atoms with Crippen molar-refractivity contribution in [3.8, 4) is 0 Å². The van der Waals surface area contributed by atoms with Crippen molar-refractivity contribution in [3.63, 3.8) is 0 Å². The molecule has 2 aromatic heterocycles. The minimum Gasteiger partial charge on any atom is -0.369 e. The number of amides is 1. The van der Waals surface area contributed by atoms with Crippen LogP contribution < -0.4 is 16.0 Å². The van der Waals surface area contributed by atoms with Gasteiger partial charge in [0.25, 0.3) is 0 Å². The molecule has 1 amide bonds. The zero-order chi connectivity index (χ0) is 15.8. The number of rotatable bonds is 5. The van der Waals surface area contributed by atoms with Gasteiger partial charge >= 0.3 is 0 Å². The lowest BCUT2D eigenvalue weighted by atomic mass is 10.1. The molecule has 23 heavy (non-hydrogen) atoms. The first-order valence-corrected chi connectivity index (χ1v) is 7.88. The molecule has 2 aromatic rings. The normalized spacial score (nSPS) is 20.7. The highest BCUT2D eigenvalue weighted by molar-refractivity contribution is 5.78. The third-order valence-corrected chi connectivity index (χ3v) is 4.39. The maximum atomic E-state index is 11.3. The lowest BCUT2D eigenvalue weighted by Crippen LogP contribution is -2.28. The van der Waals surface area contributed by atoms with Gasteiger partial charge in [0.2, 0.25) is 11.9 Å². The first-order valence-electron chi connectivity index (χ1n) is 7.88. The van der Waals surface area contributed by atoms with E-state index >= 15 is 0 Å². The van der Waals surface area contributed by atoms with Gasteiger partial charge in [0, 0.05) is 37.0 Å². The minimum absolute atomic E-state index is 0.123. The number of H-pyrrole nitrogens is 1. The molecule has 3 heterocycles. The number of aromatic nitrogens is 4. The summed E-state index contributed by atoms with van der Waals surface area (Å²) in [6.45, 7) is 1.32. The molecule has 0 radical (unpaired) electrons. The van der Waals surface area contributed by atoms with Crippen LogP contribution in [0.1, 0.15) is 30.9 Å². The first kappa shape index (κ1) is 14.0. The second-order valence-corrected chi connectivity index (χ2v) is 6.18. The van der Waals surface area contributed by atoms with E-state index in [1.165, 1.54) is 18.5 Å². The molecule has 4 rings (SSSR count). The van der Waals surface area contributed by atoms with Crippen molar-refractivity contribution in [2.45, 2.75) is 25.2 Å². The summed E-state index contributed by atoms with van der Waals surface area (Å²) < 4.78 is 0. The van der Waals surface area contributed by atoms with Gasteiger partial charge in [-0.25, -0.2) is 4.98 Å². The predicted molar refractivity (Wildman–Crippen MR) is 85.4 cm³/mol. The Labute approximate surface area is 133 Å². The fraction of sp³-hybridized carbons (Fsp3) is 0.467. The number of nitrogens with two attached hydrogens (primary N) is 1. The van der Waals surface area contributed by atoms with Crippen molar-refractivity contribution in [1.29, 1.82) is 0 Å². The van der Waals surface area contributed by atoms with Crippen LogP contribution in [0.5, 0.6) is 0 Å². The van der Waals surface area contributed by atoms with Crippen LogP contribution in [0.15, 0.2) is 18.3 Å². The van der Waals surface area contributed by atoms with Gasteiger partial charge in [-0.15, -0.1) is 0 Å². The molecular formula is C15H19N7O. The van der Waals surface area contributed by atoms with Gasteiger partial charge in [-0.1, -0.05) is 0 Å². The Hall–Kier alpha value is -2.64. The fourth-order valence-corrected chi connectivity index (χ4v) is 2.88. The van der Waals surface area contributed by atoms with Crippen molar-refractivity contribution in [2.24, 2.45) is 11.7 Å². The zero-order valence-electron chi connectivity index (χ0n) is 12.7. The molecule has 0 bridgehead atoms. The number of aromatic amines is 1. The van der Waals surface area contributed by atoms with E-state index in [0.717, 1.165) is 18.8 Å². The quantitative estimate of drug-likeness (QED) is 0.762. The largest absolute Gasteiger partial charge is 0.369 e. The Morgan fingerprint density at radius 2 is 2.22 bits per heavy atom. The molecule has 120 valence electrons. The van der Waals surface area contributed by atoms with Crippen LogP contribution in [0, 0.1) is 5.92 Å². The fourth-order valence-electron chi connectivity index (χ4n) is 2.88. The Balaban J connectivity index is 1.46. The van der Waals surface area contributed by atoms with Crippen LogP contribution in [-0.2, 0) is 4.79 Å². The Kier molecular flexibility index (Phi) is 3.36. The molecule has 1 aliphatic carbocycles. The average molecular weight is 313 g/mol. The molecule has 4 N–H and O–H groups in total. The van der Waals surface area contributed by atoms with Gasteiger partial charge in [0.05, 0.1) is 5.92 Å². The Morgan fingerprint density at radius 3 is 2.96 bits per heavy atom. The van der Waals surface area contributed by atoms with Gasteiger partial charge in [0.1, 0.15) is 5.82 Å². The maximum Gasteiger partial charge on any atom is 0.227 e. The summed E-state index contributed by atoms with van der Waals surface area (Å²) in [4.78, 5) is 22.1. The van der Waals surface area contributed by atoms with Crippen molar-refractivity contribution in [2.75, 3.05) is 23.3 Å². The van der Waals surface area contributed by atoms with Crippen molar-refractivity contribution in [3.05, 3.63) is 24.0 Å². The van der Waals surface area contributed by atoms with Crippen LogP contribution in [-0.4, -0.2) is 39.2 Å². The van der Waals surface area contributed by atoms with E-state index in [9.17, 15) is 4.79 Å². The van der Waals surface area contributed by atoms with Crippen LogP contribution in [0.4, 0.5) is 17.6 Å².